The van der Waals surface area contributed by atoms with Gasteiger partial charge in [0.1, 0.15) is 0 Å². The van der Waals surface area contributed by atoms with Gasteiger partial charge in [-0.05, 0) is 44.5 Å². The second kappa shape index (κ2) is 6.43. The fraction of sp³-hybridized carbons (Fsp3) is 0.316. The quantitative estimate of drug-likeness (QED) is 0.800. The number of pyridine rings is 1. The Labute approximate surface area is 141 Å². The normalized spacial score (nSPS) is 12.3. The molecular weight excluding hydrogens is 300 g/mol. The molecule has 0 aliphatic carbocycles. The van der Waals surface area contributed by atoms with Gasteiger partial charge in [0.05, 0.1) is 22.8 Å². The molecule has 0 fully saturated rings. The number of carbonyl (C=O) groups excluding carboxylic acids is 1. The molecule has 3 rings (SSSR count). The van der Waals surface area contributed by atoms with Gasteiger partial charge in [0.15, 0.2) is 0 Å². The molecule has 5 heteroatoms. The molecule has 2 aromatic heterocycles. The number of aromatic nitrogens is 3. The fourth-order valence-corrected chi connectivity index (χ4v) is 3.01. The van der Waals surface area contributed by atoms with E-state index in [1.807, 2.05) is 51.2 Å². The molecule has 1 aromatic carbocycles. The van der Waals surface area contributed by atoms with Gasteiger partial charge in [0.25, 0.3) is 5.91 Å². The standard InChI is InChI=1S/C19H22N4O/c1-5-16(18-8-9-20-23(18)4)22-19(24)15-11-13(3)21-17-7-6-12(2)10-14(15)17/h6-11,16H,5H2,1-4H3,(H,22,24)/t16-/m1/s1. The molecule has 5 nitrogen and oxygen atoms in total. The minimum Gasteiger partial charge on any atom is -0.344 e. The smallest absolute Gasteiger partial charge is 0.252 e. The van der Waals surface area contributed by atoms with Crippen LogP contribution in [0, 0.1) is 13.8 Å². The number of carbonyl (C=O) groups is 1. The van der Waals surface area contributed by atoms with Crippen molar-refractivity contribution in [3.05, 3.63) is 59.0 Å². The van der Waals surface area contributed by atoms with E-state index in [0.717, 1.165) is 34.3 Å². The summed E-state index contributed by atoms with van der Waals surface area (Å²) in [6, 6.07) is 9.72. The van der Waals surface area contributed by atoms with Gasteiger partial charge in [-0.25, -0.2) is 0 Å². The van der Waals surface area contributed by atoms with Crippen LogP contribution >= 0.6 is 0 Å². The molecule has 0 unspecified atom stereocenters. The summed E-state index contributed by atoms with van der Waals surface area (Å²) in [6.07, 6.45) is 2.55. The maximum atomic E-state index is 12.9. The van der Waals surface area contributed by atoms with Gasteiger partial charge in [-0.2, -0.15) is 5.10 Å². The van der Waals surface area contributed by atoms with Crippen molar-refractivity contribution in [1.82, 2.24) is 20.1 Å². The van der Waals surface area contributed by atoms with Crippen LogP contribution < -0.4 is 5.32 Å². The Morgan fingerprint density at radius 3 is 2.71 bits per heavy atom. The molecule has 0 saturated heterocycles. The summed E-state index contributed by atoms with van der Waals surface area (Å²) in [7, 11) is 1.89. The summed E-state index contributed by atoms with van der Waals surface area (Å²) in [5.41, 5.74) is 4.46. The van der Waals surface area contributed by atoms with Crippen LogP contribution in [0.2, 0.25) is 0 Å². The number of nitrogens with zero attached hydrogens (tertiary/aromatic N) is 3. The van der Waals surface area contributed by atoms with E-state index in [0.29, 0.717) is 5.56 Å². The van der Waals surface area contributed by atoms with Crippen LogP contribution in [0.1, 0.15) is 46.7 Å². The molecular formula is C19H22N4O. The van der Waals surface area contributed by atoms with Crippen LogP contribution in [0.3, 0.4) is 0 Å². The first-order chi connectivity index (χ1) is 11.5. The van der Waals surface area contributed by atoms with Crippen molar-refractivity contribution in [3.63, 3.8) is 0 Å². The summed E-state index contributed by atoms with van der Waals surface area (Å²) >= 11 is 0. The highest BCUT2D eigenvalue weighted by atomic mass is 16.1. The van der Waals surface area contributed by atoms with Gasteiger partial charge < -0.3 is 5.32 Å². The van der Waals surface area contributed by atoms with Crippen molar-refractivity contribution < 1.29 is 4.79 Å². The number of hydrogen-bond acceptors (Lipinski definition) is 3. The topological polar surface area (TPSA) is 59.8 Å². The molecule has 124 valence electrons. The zero-order valence-electron chi connectivity index (χ0n) is 14.5. The Morgan fingerprint density at radius 1 is 1.25 bits per heavy atom. The number of benzene rings is 1. The lowest BCUT2D eigenvalue weighted by Crippen LogP contribution is -2.29. The lowest BCUT2D eigenvalue weighted by Gasteiger charge is -2.18. The molecule has 1 N–H and O–H groups in total. The Balaban J connectivity index is 1.99. The molecule has 1 atom stereocenters. The van der Waals surface area contributed by atoms with E-state index in [-0.39, 0.29) is 11.9 Å². The third-order valence-corrected chi connectivity index (χ3v) is 4.27. The SMILES string of the molecule is CC[C@@H](NC(=O)c1cc(C)nc2ccc(C)cc12)c1ccnn1C. The maximum Gasteiger partial charge on any atom is 0.252 e. The first-order valence-electron chi connectivity index (χ1n) is 8.16. The number of rotatable bonds is 4. The van der Waals surface area contributed by atoms with Crippen LogP contribution in [-0.4, -0.2) is 20.7 Å². The zero-order valence-corrected chi connectivity index (χ0v) is 14.5. The van der Waals surface area contributed by atoms with Crippen LogP contribution in [-0.2, 0) is 7.05 Å². The molecule has 0 bridgehead atoms. The fourth-order valence-electron chi connectivity index (χ4n) is 3.01. The molecule has 24 heavy (non-hydrogen) atoms. The lowest BCUT2D eigenvalue weighted by atomic mass is 10.0. The van der Waals surface area contributed by atoms with Crippen molar-refractivity contribution in [2.45, 2.75) is 33.2 Å². The van der Waals surface area contributed by atoms with Crippen LogP contribution in [0.5, 0.6) is 0 Å². The molecule has 0 aliphatic rings. The van der Waals surface area contributed by atoms with Gasteiger partial charge in [-0.3, -0.25) is 14.5 Å². The zero-order chi connectivity index (χ0) is 17.3. The van der Waals surface area contributed by atoms with Crippen molar-refractivity contribution in [2.24, 2.45) is 7.05 Å². The summed E-state index contributed by atoms with van der Waals surface area (Å²) < 4.78 is 1.80. The van der Waals surface area contributed by atoms with E-state index in [2.05, 4.69) is 22.3 Å². The number of hydrogen-bond donors (Lipinski definition) is 1. The van der Waals surface area contributed by atoms with E-state index in [1.54, 1.807) is 10.9 Å². The largest absolute Gasteiger partial charge is 0.344 e. The summed E-state index contributed by atoms with van der Waals surface area (Å²) in [5.74, 6) is -0.0795. The maximum absolute atomic E-state index is 12.9. The monoisotopic (exact) mass is 322 g/mol. The summed E-state index contributed by atoms with van der Waals surface area (Å²) in [6.45, 7) is 5.98. The second-order valence-electron chi connectivity index (χ2n) is 6.15. The van der Waals surface area contributed by atoms with Gasteiger partial charge in [-0.15, -0.1) is 0 Å². The molecule has 0 spiro atoms. The molecule has 2 heterocycles. The minimum absolute atomic E-state index is 0.0710. The summed E-state index contributed by atoms with van der Waals surface area (Å²) in [5, 5.41) is 8.22. The highest BCUT2D eigenvalue weighted by molar-refractivity contribution is 6.06. The molecule has 0 radical (unpaired) electrons. The summed E-state index contributed by atoms with van der Waals surface area (Å²) in [4.78, 5) is 17.5. The predicted molar refractivity (Wildman–Crippen MR) is 94.9 cm³/mol. The number of fused-ring (bicyclic) bond motifs is 1. The number of amides is 1. The van der Waals surface area contributed by atoms with Crippen LogP contribution in [0.25, 0.3) is 10.9 Å². The van der Waals surface area contributed by atoms with Crippen molar-refractivity contribution >= 4 is 16.8 Å². The van der Waals surface area contributed by atoms with Gasteiger partial charge in [0, 0.05) is 24.3 Å². The van der Waals surface area contributed by atoms with Crippen LogP contribution in [0.4, 0.5) is 0 Å². The first-order valence-corrected chi connectivity index (χ1v) is 8.16. The van der Waals surface area contributed by atoms with E-state index in [9.17, 15) is 4.79 Å². The highest BCUT2D eigenvalue weighted by Crippen LogP contribution is 2.22. The van der Waals surface area contributed by atoms with Crippen LogP contribution in [0.15, 0.2) is 36.5 Å². The van der Waals surface area contributed by atoms with Crippen molar-refractivity contribution in [3.8, 4) is 0 Å². The van der Waals surface area contributed by atoms with E-state index in [4.69, 9.17) is 0 Å². The lowest BCUT2D eigenvalue weighted by molar-refractivity contribution is 0.0935. The average molecular weight is 322 g/mol. The van der Waals surface area contributed by atoms with Crippen molar-refractivity contribution in [2.75, 3.05) is 0 Å². The van der Waals surface area contributed by atoms with E-state index >= 15 is 0 Å². The number of nitrogens with one attached hydrogen (secondary N) is 1. The molecule has 0 saturated carbocycles. The van der Waals surface area contributed by atoms with E-state index in [1.165, 1.54) is 0 Å². The van der Waals surface area contributed by atoms with Gasteiger partial charge in [0.2, 0.25) is 0 Å². The second-order valence-corrected chi connectivity index (χ2v) is 6.15. The average Bonchev–Trinajstić information content (AvgIpc) is 2.98. The Hall–Kier alpha value is -2.69. The number of aryl methyl sites for hydroxylation is 3. The molecule has 1 amide bonds. The van der Waals surface area contributed by atoms with Gasteiger partial charge >= 0.3 is 0 Å². The molecule has 3 aromatic rings. The Bertz CT molecular complexity index is 898. The first kappa shape index (κ1) is 16.2. The third-order valence-electron chi connectivity index (χ3n) is 4.27. The minimum atomic E-state index is -0.0795. The molecule has 0 aliphatic heterocycles. The van der Waals surface area contributed by atoms with Gasteiger partial charge in [-0.1, -0.05) is 18.6 Å². The predicted octanol–water partition coefficient (Wildman–Crippen LogP) is 3.47. The van der Waals surface area contributed by atoms with Crippen molar-refractivity contribution in [1.29, 1.82) is 0 Å². The third kappa shape index (κ3) is 3.02. The van der Waals surface area contributed by atoms with E-state index < -0.39 is 0 Å². The Kier molecular flexibility index (Phi) is 4.34. The highest BCUT2D eigenvalue weighted by Gasteiger charge is 2.19. The Morgan fingerprint density at radius 2 is 2.04 bits per heavy atom.